The van der Waals surface area contributed by atoms with Crippen LogP contribution in [0.2, 0.25) is 0 Å². The van der Waals surface area contributed by atoms with Crippen LogP contribution in [0.4, 0.5) is 20.0 Å². The number of aromatic nitrogens is 1. The molecule has 0 unspecified atom stereocenters. The zero-order chi connectivity index (χ0) is 15.2. The van der Waals surface area contributed by atoms with Crippen LogP contribution in [0.5, 0.6) is 0 Å². The Labute approximate surface area is 124 Å². The Morgan fingerprint density at radius 1 is 1.52 bits per heavy atom. The minimum Gasteiger partial charge on any atom is -0.365 e. The van der Waals surface area contributed by atoms with Crippen molar-refractivity contribution in [1.82, 2.24) is 10.3 Å². The molecule has 8 heteroatoms. The van der Waals surface area contributed by atoms with Gasteiger partial charge in [0.25, 0.3) is 0 Å². The summed E-state index contributed by atoms with van der Waals surface area (Å²) in [5.41, 5.74) is 1.04. The van der Waals surface area contributed by atoms with Gasteiger partial charge in [-0.1, -0.05) is 0 Å². The van der Waals surface area contributed by atoms with Crippen LogP contribution in [0.1, 0.15) is 11.3 Å². The number of nitriles is 1. The minimum atomic E-state index is -0.528. The van der Waals surface area contributed by atoms with E-state index in [1.165, 1.54) is 23.5 Å². The normalized spacial score (nSPS) is 9.76. The third kappa shape index (κ3) is 3.90. The molecule has 0 radical (unpaired) electrons. The number of amides is 2. The Hall–Kier alpha value is -2.66. The molecule has 0 aliphatic carbocycles. The Balaban J connectivity index is 1.94. The van der Waals surface area contributed by atoms with Crippen molar-refractivity contribution in [3.8, 4) is 6.07 Å². The summed E-state index contributed by atoms with van der Waals surface area (Å²) in [6, 6.07) is 4.92. The Morgan fingerprint density at radius 2 is 2.33 bits per heavy atom. The lowest BCUT2D eigenvalue weighted by Gasteiger charge is -2.08. The molecule has 1 aromatic heterocycles. The lowest BCUT2D eigenvalue weighted by molar-refractivity contribution is 0.251. The van der Waals surface area contributed by atoms with Crippen LogP contribution in [0.15, 0.2) is 23.6 Å². The van der Waals surface area contributed by atoms with Crippen molar-refractivity contribution in [3.63, 3.8) is 0 Å². The minimum absolute atomic E-state index is 0.0660. The molecule has 0 spiro atoms. The van der Waals surface area contributed by atoms with Crippen LogP contribution >= 0.6 is 11.3 Å². The molecule has 2 aromatic rings. The van der Waals surface area contributed by atoms with E-state index in [0.717, 1.165) is 16.9 Å². The average Bonchev–Trinajstić information content (AvgIpc) is 2.95. The van der Waals surface area contributed by atoms with Gasteiger partial charge < -0.3 is 16.0 Å². The highest BCUT2D eigenvalue weighted by atomic mass is 32.1. The van der Waals surface area contributed by atoms with Crippen molar-refractivity contribution in [2.75, 3.05) is 17.7 Å². The molecule has 0 fully saturated rings. The lowest BCUT2D eigenvalue weighted by atomic mass is 10.2. The highest BCUT2D eigenvalue weighted by Crippen LogP contribution is 2.16. The van der Waals surface area contributed by atoms with Gasteiger partial charge in [-0.3, -0.25) is 0 Å². The number of hydrogen-bond acceptors (Lipinski definition) is 5. The van der Waals surface area contributed by atoms with Gasteiger partial charge in [-0.15, -0.1) is 11.3 Å². The van der Waals surface area contributed by atoms with Crippen molar-refractivity contribution in [3.05, 3.63) is 40.7 Å². The number of benzene rings is 1. The number of carbonyl (C=O) groups excluding carboxylic acids is 1. The topological polar surface area (TPSA) is 89.8 Å². The first-order valence-corrected chi connectivity index (χ1v) is 6.87. The van der Waals surface area contributed by atoms with Gasteiger partial charge in [-0.2, -0.15) is 5.26 Å². The number of anilines is 2. The maximum atomic E-state index is 13.0. The fraction of sp³-hybridized carbons (Fsp3) is 0.154. The molecule has 0 aliphatic rings. The first kappa shape index (κ1) is 14.7. The first-order valence-electron chi connectivity index (χ1n) is 5.99. The van der Waals surface area contributed by atoms with E-state index in [1.807, 2.05) is 11.4 Å². The van der Waals surface area contributed by atoms with E-state index in [-0.39, 0.29) is 17.8 Å². The van der Waals surface area contributed by atoms with Gasteiger partial charge in [-0.05, 0) is 18.2 Å². The quantitative estimate of drug-likeness (QED) is 0.809. The number of thiazole rings is 1. The predicted octanol–water partition coefficient (Wildman–Crippen LogP) is 2.52. The molecule has 3 N–H and O–H groups in total. The van der Waals surface area contributed by atoms with Gasteiger partial charge in [0.2, 0.25) is 0 Å². The van der Waals surface area contributed by atoms with Crippen molar-refractivity contribution in [2.24, 2.45) is 0 Å². The van der Waals surface area contributed by atoms with Gasteiger partial charge >= 0.3 is 6.03 Å². The molecule has 0 saturated heterocycles. The number of nitrogens with one attached hydrogen (secondary N) is 3. The van der Waals surface area contributed by atoms with Crippen LogP contribution < -0.4 is 16.0 Å². The highest BCUT2D eigenvalue weighted by molar-refractivity contribution is 7.13. The van der Waals surface area contributed by atoms with Crippen molar-refractivity contribution < 1.29 is 9.18 Å². The summed E-state index contributed by atoms with van der Waals surface area (Å²) in [4.78, 5) is 16.0. The summed E-state index contributed by atoms with van der Waals surface area (Å²) in [5.74, 6) is -0.528. The highest BCUT2D eigenvalue weighted by Gasteiger charge is 2.08. The van der Waals surface area contributed by atoms with Crippen molar-refractivity contribution in [1.29, 1.82) is 5.26 Å². The standard InChI is InChI=1S/C13H12FN5OS/c1-16-13-18-10(7-21-13)6-17-12(20)19-11-3-2-9(14)4-8(11)5-15/h2-4,7H,6H2,1H3,(H,16,18)(H2,17,19,20). The van der Waals surface area contributed by atoms with E-state index in [2.05, 4.69) is 20.9 Å². The Bertz CT molecular complexity index is 694. The molecular formula is C13H12FN5OS. The van der Waals surface area contributed by atoms with Gasteiger partial charge in [0, 0.05) is 12.4 Å². The Morgan fingerprint density at radius 3 is 3.00 bits per heavy atom. The summed E-state index contributed by atoms with van der Waals surface area (Å²) < 4.78 is 13.0. The predicted molar refractivity (Wildman–Crippen MR) is 78.6 cm³/mol. The van der Waals surface area contributed by atoms with Crippen LogP contribution in [-0.4, -0.2) is 18.1 Å². The SMILES string of the molecule is CNc1nc(CNC(=O)Nc2ccc(F)cc2C#N)cs1. The van der Waals surface area contributed by atoms with E-state index < -0.39 is 11.8 Å². The van der Waals surface area contributed by atoms with E-state index in [4.69, 9.17) is 5.26 Å². The Kier molecular flexibility index (Phi) is 4.68. The third-order valence-corrected chi connectivity index (χ3v) is 3.45. The second-order valence-corrected chi connectivity index (χ2v) is 4.86. The maximum absolute atomic E-state index is 13.0. The molecule has 108 valence electrons. The largest absolute Gasteiger partial charge is 0.365 e. The smallest absolute Gasteiger partial charge is 0.319 e. The van der Waals surface area contributed by atoms with E-state index in [0.29, 0.717) is 0 Å². The van der Waals surface area contributed by atoms with Crippen molar-refractivity contribution >= 4 is 28.2 Å². The monoisotopic (exact) mass is 305 g/mol. The van der Waals surface area contributed by atoms with Gasteiger partial charge in [-0.25, -0.2) is 14.2 Å². The molecule has 2 amide bonds. The summed E-state index contributed by atoms with van der Waals surface area (Å²) in [6.07, 6.45) is 0. The second-order valence-electron chi connectivity index (χ2n) is 4.00. The lowest BCUT2D eigenvalue weighted by Crippen LogP contribution is -2.28. The second kappa shape index (κ2) is 6.67. The molecule has 1 aromatic carbocycles. The number of nitrogens with zero attached hydrogens (tertiary/aromatic N) is 2. The number of rotatable bonds is 4. The summed E-state index contributed by atoms with van der Waals surface area (Å²) in [6.45, 7) is 0.257. The zero-order valence-electron chi connectivity index (χ0n) is 11.1. The molecule has 0 bridgehead atoms. The fourth-order valence-electron chi connectivity index (χ4n) is 1.56. The third-order valence-electron chi connectivity index (χ3n) is 2.55. The fourth-order valence-corrected chi connectivity index (χ4v) is 2.23. The van der Waals surface area contributed by atoms with Crippen LogP contribution in [0, 0.1) is 17.1 Å². The number of halogens is 1. The van der Waals surface area contributed by atoms with Gasteiger partial charge in [0.1, 0.15) is 11.9 Å². The molecule has 0 aliphatic heterocycles. The van der Waals surface area contributed by atoms with Crippen LogP contribution in [0.3, 0.4) is 0 Å². The summed E-state index contributed by atoms with van der Waals surface area (Å²) in [7, 11) is 1.76. The molecule has 2 rings (SSSR count). The van der Waals surface area contributed by atoms with E-state index in [1.54, 1.807) is 7.05 Å². The molecule has 6 nitrogen and oxygen atoms in total. The molecule has 0 atom stereocenters. The average molecular weight is 305 g/mol. The van der Waals surface area contributed by atoms with Crippen molar-refractivity contribution in [2.45, 2.75) is 6.54 Å². The van der Waals surface area contributed by atoms with Gasteiger partial charge in [0.05, 0.1) is 23.5 Å². The number of hydrogen-bond donors (Lipinski definition) is 3. The van der Waals surface area contributed by atoms with E-state index in [9.17, 15) is 9.18 Å². The summed E-state index contributed by atoms with van der Waals surface area (Å²) >= 11 is 1.43. The number of urea groups is 1. The summed E-state index contributed by atoms with van der Waals surface area (Å²) in [5, 5.41) is 19.5. The molecular weight excluding hydrogens is 293 g/mol. The first-order chi connectivity index (χ1) is 10.1. The molecule has 21 heavy (non-hydrogen) atoms. The van der Waals surface area contributed by atoms with Crippen LogP contribution in [-0.2, 0) is 6.54 Å². The van der Waals surface area contributed by atoms with Gasteiger partial charge in [0.15, 0.2) is 5.13 Å². The molecule has 0 saturated carbocycles. The molecule has 1 heterocycles. The van der Waals surface area contributed by atoms with E-state index >= 15 is 0 Å². The maximum Gasteiger partial charge on any atom is 0.319 e. The zero-order valence-corrected chi connectivity index (χ0v) is 11.9. The number of carbonyl (C=O) groups is 1. The van der Waals surface area contributed by atoms with Crippen LogP contribution in [0.25, 0.3) is 0 Å².